The molecular weight excluding hydrogens is 256 g/mol. The molecule has 2 saturated carbocycles. The van der Waals surface area contributed by atoms with Crippen molar-refractivity contribution in [3.63, 3.8) is 0 Å². The molecule has 2 bridgehead atoms. The first-order valence-corrected chi connectivity index (χ1v) is 8.45. The van der Waals surface area contributed by atoms with Crippen LogP contribution in [-0.2, 0) is 4.79 Å². The maximum atomic E-state index is 12.3. The van der Waals surface area contributed by atoms with Crippen molar-refractivity contribution >= 4 is 22.8 Å². The topological polar surface area (TPSA) is 41.5 Å². The van der Waals surface area contributed by atoms with Gasteiger partial charge >= 0.3 is 0 Å². The molecular formula is C15H24N2OS. The van der Waals surface area contributed by atoms with Gasteiger partial charge in [0.2, 0.25) is 5.91 Å². The zero-order chi connectivity index (χ0) is 13.6. The average molecular weight is 280 g/mol. The van der Waals surface area contributed by atoms with Crippen LogP contribution in [-0.4, -0.2) is 21.9 Å². The summed E-state index contributed by atoms with van der Waals surface area (Å²) in [6.07, 6.45) is 6.22. The third-order valence-electron chi connectivity index (χ3n) is 5.33. The third kappa shape index (κ3) is 2.12. The largest absolute Gasteiger partial charge is 0.304 e. The van der Waals surface area contributed by atoms with Crippen molar-refractivity contribution in [2.24, 2.45) is 22.7 Å². The van der Waals surface area contributed by atoms with Gasteiger partial charge in [-0.25, -0.2) is 0 Å². The predicted octanol–water partition coefficient (Wildman–Crippen LogP) is 3.20. The molecule has 3 nitrogen and oxygen atoms in total. The number of carbonyl (C=O) groups is 1. The second-order valence-electron chi connectivity index (χ2n) is 6.63. The van der Waals surface area contributed by atoms with E-state index in [0.29, 0.717) is 12.0 Å². The van der Waals surface area contributed by atoms with Gasteiger partial charge in [0, 0.05) is 0 Å². The summed E-state index contributed by atoms with van der Waals surface area (Å²) in [5.41, 5.74) is 0. The van der Waals surface area contributed by atoms with Crippen LogP contribution in [0.3, 0.4) is 0 Å². The molecule has 19 heavy (non-hydrogen) atoms. The molecule has 0 aromatic carbocycles. The molecule has 1 aliphatic heterocycles. The van der Waals surface area contributed by atoms with Crippen LogP contribution in [0.5, 0.6) is 0 Å². The molecule has 1 heterocycles. The van der Waals surface area contributed by atoms with Crippen LogP contribution in [0.1, 0.15) is 52.9 Å². The van der Waals surface area contributed by atoms with E-state index in [1.165, 1.54) is 25.7 Å². The Kier molecular flexibility index (Phi) is 3.40. The fourth-order valence-electron chi connectivity index (χ4n) is 4.05. The summed E-state index contributed by atoms with van der Waals surface area (Å²) in [7, 11) is 0. The highest BCUT2D eigenvalue weighted by Crippen LogP contribution is 2.47. The first kappa shape index (κ1) is 13.5. The minimum Gasteiger partial charge on any atom is -0.304 e. The zero-order valence-electron chi connectivity index (χ0n) is 12.1. The molecule has 1 N–H and O–H groups in total. The molecule has 0 radical (unpaired) electrons. The molecule has 4 heteroatoms. The molecule has 3 aliphatic rings. The normalized spacial score (nSPS) is 43.5. The van der Waals surface area contributed by atoms with E-state index in [0.717, 1.165) is 23.4 Å². The molecule has 106 valence electrons. The average Bonchev–Trinajstić information content (AvgIpc) is 3.03. The number of hydrogen-bond acceptors (Lipinski definition) is 3. The Bertz CT molecular complexity index is 420. The van der Waals surface area contributed by atoms with Gasteiger partial charge in [-0.3, -0.25) is 9.79 Å². The molecule has 0 aromatic rings. The van der Waals surface area contributed by atoms with Crippen LogP contribution in [0.25, 0.3) is 0 Å². The van der Waals surface area contributed by atoms with Gasteiger partial charge in [-0.2, -0.15) is 0 Å². The third-order valence-corrected chi connectivity index (χ3v) is 7.04. The highest BCUT2D eigenvalue weighted by Gasteiger charge is 2.48. The molecule has 3 fully saturated rings. The Morgan fingerprint density at radius 3 is 2.68 bits per heavy atom. The monoisotopic (exact) mass is 280 g/mol. The molecule has 0 aromatic heterocycles. The lowest BCUT2D eigenvalue weighted by molar-refractivity contribution is -0.122. The molecule has 3 rings (SSSR count). The Hall–Kier alpha value is -0.510. The van der Waals surface area contributed by atoms with Gasteiger partial charge in [0.1, 0.15) is 4.75 Å². The molecule has 1 amide bonds. The van der Waals surface area contributed by atoms with Gasteiger partial charge in [0.15, 0.2) is 5.17 Å². The Labute approximate surface area is 120 Å². The van der Waals surface area contributed by atoms with Crippen molar-refractivity contribution in [3.8, 4) is 0 Å². The molecule has 1 saturated heterocycles. The fraction of sp³-hybridized carbons (Fsp3) is 0.867. The lowest BCUT2D eigenvalue weighted by Crippen LogP contribution is -2.40. The van der Waals surface area contributed by atoms with Gasteiger partial charge < -0.3 is 5.32 Å². The predicted molar refractivity (Wildman–Crippen MR) is 80.3 cm³/mol. The van der Waals surface area contributed by atoms with E-state index in [-0.39, 0.29) is 10.7 Å². The number of aliphatic imine (C=N–C) groups is 1. The van der Waals surface area contributed by atoms with Crippen LogP contribution in [0.4, 0.5) is 0 Å². The minimum absolute atomic E-state index is 0.164. The SMILES string of the molecule is CCC1(C(C)C)SC(=N[C@H]2C[C@H]3CC[C@H]2C3)NC1=O. The standard InChI is InChI=1S/C15H24N2OS/c1-4-15(9(2)3)13(18)17-14(19-15)16-12-8-10-5-6-11(12)7-10/h9-12H,4-8H2,1-3H3,(H,16,17,18)/t10-,11-,12-,15?/m0/s1. The van der Waals surface area contributed by atoms with Gasteiger partial charge in [-0.15, -0.1) is 0 Å². The smallest absolute Gasteiger partial charge is 0.242 e. The zero-order valence-corrected chi connectivity index (χ0v) is 12.9. The summed E-state index contributed by atoms with van der Waals surface area (Å²) in [6, 6.07) is 0.473. The number of thioether (sulfide) groups is 1. The highest BCUT2D eigenvalue weighted by atomic mass is 32.2. The summed E-state index contributed by atoms with van der Waals surface area (Å²) in [6.45, 7) is 6.38. The van der Waals surface area contributed by atoms with Gasteiger partial charge in [-0.1, -0.05) is 39.0 Å². The quantitative estimate of drug-likeness (QED) is 0.862. The van der Waals surface area contributed by atoms with Crippen molar-refractivity contribution in [2.45, 2.75) is 63.7 Å². The van der Waals surface area contributed by atoms with Crippen LogP contribution in [0, 0.1) is 17.8 Å². The molecule has 0 spiro atoms. The van der Waals surface area contributed by atoms with Gasteiger partial charge in [0.25, 0.3) is 0 Å². The Morgan fingerprint density at radius 1 is 1.42 bits per heavy atom. The summed E-state index contributed by atoms with van der Waals surface area (Å²) in [5, 5.41) is 3.92. The lowest BCUT2D eigenvalue weighted by atomic mass is 9.91. The maximum Gasteiger partial charge on any atom is 0.242 e. The van der Waals surface area contributed by atoms with Gasteiger partial charge in [0.05, 0.1) is 6.04 Å². The number of amidine groups is 1. The first-order chi connectivity index (χ1) is 9.05. The molecule has 1 unspecified atom stereocenters. The van der Waals surface area contributed by atoms with Crippen LogP contribution in [0.2, 0.25) is 0 Å². The number of nitrogens with one attached hydrogen (secondary N) is 1. The number of amides is 1. The van der Waals surface area contributed by atoms with Crippen LogP contribution in [0.15, 0.2) is 4.99 Å². The van der Waals surface area contributed by atoms with E-state index < -0.39 is 0 Å². The maximum absolute atomic E-state index is 12.3. The van der Waals surface area contributed by atoms with E-state index in [1.54, 1.807) is 11.8 Å². The number of fused-ring (bicyclic) bond motifs is 2. The Morgan fingerprint density at radius 2 is 2.21 bits per heavy atom. The van der Waals surface area contributed by atoms with Crippen LogP contribution >= 0.6 is 11.8 Å². The number of nitrogens with zero attached hydrogens (tertiary/aromatic N) is 1. The first-order valence-electron chi connectivity index (χ1n) is 7.63. The van der Waals surface area contributed by atoms with E-state index >= 15 is 0 Å². The van der Waals surface area contributed by atoms with E-state index in [9.17, 15) is 4.79 Å². The number of carbonyl (C=O) groups excluding carboxylic acids is 1. The Balaban J connectivity index is 1.76. The van der Waals surface area contributed by atoms with Gasteiger partial charge in [-0.05, 0) is 43.4 Å². The van der Waals surface area contributed by atoms with Crippen molar-refractivity contribution in [1.29, 1.82) is 0 Å². The second kappa shape index (κ2) is 4.80. The van der Waals surface area contributed by atoms with Crippen molar-refractivity contribution < 1.29 is 4.79 Å². The second-order valence-corrected chi connectivity index (χ2v) is 7.95. The van der Waals surface area contributed by atoms with E-state index in [4.69, 9.17) is 4.99 Å². The van der Waals surface area contributed by atoms with Crippen molar-refractivity contribution in [2.75, 3.05) is 0 Å². The summed E-state index contributed by atoms with van der Waals surface area (Å²) in [5.74, 6) is 2.19. The minimum atomic E-state index is -0.295. The van der Waals surface area contributed by atoms with E-state index in [1.807, 2.05) is 0 Å². The fourth-order valence-corrected chi connectivity index (χ4v) is 5.25. The number of hydrogen-bond donors (Lipinski definition) is 1. The van der Waals surface area contributed by atoms with Crippen molar-refractivity contribution in [1.82, 2.24) is 5.32 Å². The van der Waals surface area contributed by atoms with Crippen molar-refractivity contribution in [3.05, 3.63) is 0 Å². The number of rotatable bonds is 3. The van der Waals surface area contributed by atoms with Crippen LogP contribution < -0.4 is 5.32 Å². The summed E-state index contributed by atoms with van der Waals surface area (Å²) < 4.78 is -0.295. The highest BCUT2D eigenvalue weighted by molar-refractivity contribution is 8.16. The molecule has 4 atom stereocenters. The molecule has 2 aliphatic carbocycles. The summed E-state index contributed by atoms with van der Waals surface area (Å²) in [4.78, 5) is 17.2. The van der Waals surface area contributed by atoms with E-state index in [2.05, 4.69) is 26.1 Å². The lowest BCUT2D eigenvalue weighted by Gasteiger charge is -2.27. The summed E-state index contributed by atoms with van der Waals surface area (Å²) >= 11 is 1.68.